The third kappa shape index (κ3) is 6.15. The summed E-state index contributed by atoms with van der Waals surface area (Å²) in [5.41, 5.74) is -1.73. The number of halogens is 6. The monoisotopic (exact) mass is 512 g/mol. The predicted molar refractivity (Wildman–Crippen MR) is 115 cm³/mol. The van der Waals surface area contributed by atoms with E-state index in [9.17, 15) is 31.1 Å². The lowest BCUT2D eigenvalue weighted by Crippen LogP contribution is -2.49. The standard InChI is InChI=1S/C23H18F6N4O3/c24-22(25,26)15-1-7-19(30-13-15)32-9-11-33(12-10-32)21(34)36-18-5-3-17(4-6-18)35-20-8-2-16(14-31-20)23(27,28)29/h1-8,13-14H,9-12H2. The van der Waals surface area contributed by atoms with Crippen molar-refractivity contribution in [2.24, 2.45) is 0 Å². The van der Waals surface area contributed by atoms with Gasteiger partial charge in [0, 0.05) is 44.6 Å². The molecular weight excluding hydrogens is 494 g/mol. The number of benzene rings is 1. The lowest BCUT2D eigenvalue weighted by atomic mass is 10.2. The van der Waals surface area contributed by atoms with Crippen LogP contribution in [0.25, 0.3) is 0 Å². The van der Waals surface area contributed by atoms with Crippen molar-refractivity contribution in [2.45, 2.75) is 12.4 Å². The quantitative estimate of drug-likeness (QED) is 0.423. The zero-order chi connectivity index (χ0) is 25.9. The molecule has 1 fully saturated rings. The van der Waals surface area contributed by atoms with Crippen molar-refractivity contribution in [3.63, 3.8) is 0 Å². The van der Waals surface area contributed by atoms with Crippen molar-refractivity contribution in [1.82, 2.24) is 14.9 Å². The normalized spacial score (nSPS) is 14.5. The average molecular weight is 512 g/mol. The van der Waals surface area contributed by atoms with Crippen molar-refractivity contribution < 1.29 is 40.6 Å². The maximum Gasteiger partial charge on any atom is 0.417 e. The van der Waals surface area contributed by atoms with E-state index in [0.29, 0.717) is 25.1 Å². The molecule has 0 radical (unpaired) electrons. The molecule has 1 amide bonds. The van der Waals surface area contributed by atoms with Gasteiger partial charge in [-0.1, -0.05) is 0 Å². The topological polar surface area (TPSA) is 67.8 Å². The minimum absolute atomic E-state index is 0.0341. The third-order valence-corrected chi connectivity index (χ3v) is 5.25. The van der Waals surface area contributed by atoms with Gasteiger partial charge in [-0.25, -0.2) is 14.8 Å². The highest BCUT2D eigenvalue weighted by Gasteiger charge is 2.32. The fraction of sp³-hybridized carbons (Fsp3) is 0.261. The molecule has 1 aliphatic rings. The molecule has 3 heterocycles. The van der Waals surface area contributed by atoms with Gasteiger partial charge in [-0.3, -0.25) is 0 Å². The van der Waals surface area contributed by atoms with Gasteiger partial charge < -0.3 is 19.3 Å². The summed E-state index contributed by atoms with van der Waals surface area (Å²) in [5, 5.41) is 0. The minimum atomic E-state index is -4.50. The van der Waals surface area contributed by atoms with Gasteiger partial charge in [-0.2, -0.15) is 26.3 Å². The first-order valence-corrected chi connectivity index (χ1v) is 10.6. The number of rotatable bonds is 4. The largest absolute Gasteiger partial charge is 0.439 e. The van der Waals surface area contributed by atoms with Crippen LogP contribution in [0.4, 0.5) is 37.0 Å². The second kappa shape index (κ2) is 9.91. The molecule has 0 N–H and O–H groups in total. The van der Waals surface area contributed by atoms with Crippen LogP contribution in [0.2, 0.25) is 0 Å². The summed E-state index contributed by atoms with van der Waals surface area (Å²) in [7, 11) is 0. The van der Waals surface area contributed by atoms with Gasteiger partial charge in [-0.05, 0) is 42.5 Å². The summed E-state index contributed by atoms with van der Waals surface area (Å²) in [6, 6.07) is 10.1. The van der Waals surface area contributed by atoms with Gasteiger partial charge in [0.05, 0.1) is 11.1 Å². The van der Waals surface area contributed by atoms with E-state index in [1.165, 1.54) is 35.2 Å². The lowest BCUT2D eigenvalue weighted by Gasteiger charge is -2.34. The molecule has 13 heteroatoms. The Morgan fingerprint density at radius 1 is 0.722 bits per heavy atom. The fourth-order valence-corrected chi connectivity index (χ4v) is 3.33. The van der Waals surface area contributed by atoms with Crippen LogP contribution in [0.5, 0.6) is 17.4 Å². The lowest BCUT2D eigenvalue weighted by molar-refractivity contribution is -0.138. The molecular formula is C23H18F6N4O3. The molecule has 36 heavy (non-hydrogen) atoms. The van der Waals surface area contributed by atoms with E-state index in [2.05, 4.69) is 9.97 Å². The van der Waals surface area contributed by atoms with Gasteiger partial charge in [0.15, 0.2) is 0 Å². The van der Waals surface area contributed by atoms with Crippen molar-refractivity contribution in [3.8, 4) is 17.4 Å². The van der Waals surface area contributed by atoms with Crippen molar-refractivity contribution in [1.29, 1.82) is 0 Å². The number of piperazine rings is 1. The highest BCUT2D eigenvalue weighted by Crippen LogP contribution is 2.31. The molecule has 1 saturated heterocycles. The Kier molecular flexibility index (Phi) is 6.91. The molecule has 0 atom stereocenters. The number of pyridine rings is 2. The minimum Gasteiger partial charge on any atom is -0.439 e. The van der Waals surface area contributed by atoms with Crippen LogP contribution < -0.4 is 14.4 Å². The molecule has 1 aliphatic heterocycles. The van der Waals surface area contributed by atoms with Gasteiger partial charge in [0.2, 0.25) is 5.88 Å². The van der Waals surface area contributed by atoms with Crippen molar-refractivity contribution >= 4 is 11.9 Å². The molecule has 0 bridgehead atoms. The summed E-state index contributed by atoms with van der Waals surface area (Å²) >= 11 is 0. The van der Waals surface area contributed by atoms with E-state index in [-0.39, 0.29) is 30.5 Å². The summed E-state index contributed by atoms with van der Waals surface area (Å²) in [5.74, 6) is 0.849. The van der Waals surface area contributed by atoms with Crippen molar-refractivity contribution in [2.75, 3.05) is 31.1 Å². The van der Waals surface area contributed by atoms with Crippen LogP contribution in [0, 0.1) is 0 Å². The molecule has 0 spiro atoms. The Labute approximate surface area is 200 Å². The van der Waals surface area contributed by atoms with Gasteiger partial charge in [0.1, 0.15) is 17.3 Å². The van der Waals surface area contributed by atoms with E-state index in [0.717, 1.165) is 24.4 Å². The van der Waals surface area contributed by atoms with E-state index in [1.54, 1.807) is 4.90 Å². The van der Waals surface area contributed by atoms with Gasteiger partial charge in [0.25, 0.3) is 0 Å². The third-order valence-electron chi connectivity index (χ3n) is 5.25. The predicted octanol–water partition coefficient (Wildman–Crippen LogP) is 5.63. The van der Waals surface area contributed by atoms with E-state index in [4.69, 9.17) is 9.47 Å². The molecule has 2 aromatic heterocycles. The number of nitrogens with zero attached hydrogens (tertiary/aromatic N) is 4. The second-order valence-electron chi connectivity index (χ2n) is 7.70. The number of amides is 1. The molecule has 3 aromatic rings. The summed E-state index contributed by atoms with van der Waals surface area (Å²) < 4.78 is 86.7. The highest BCUT2D eigenvalue weighted by molar-refractivity contribution is 5.71. The van der Waals surface area contributed by atoms with E-state index in [1.807, 2.05) is 0 Å². The smallest absolute Gasteiger partial charge is 0.417 e. The molecule has 4 rings (SSSR count). The highest BCUT2D eigenvalue weighted by atomic mass is 19.4. The molecule has 190 valence electrons. The second-order valence-corrected chi connectivity index (χ2v) is 7.70. The summed E-state index contributed by atoms with van der Waals surface area (Å²) in [6.45, 7) is 1.28. The number of hydrogen-bond donors (Lipinski definition) is 0. The number of aromatic nitrogens is 2. The number of alkyl halides is 6. The number of carbonyl (C=O) groups is 1. The number of anilines is 1. The molecule has 1 aromatic carbocycles. The van der Waals surface area contributed by atoms with Gasteiger partial charge in [-0.15, -0.1) is 0 Å². The van der Waals surface area contributed by atoms with Crippen LogP contribution in [-0.2, 0) is 12.4 Å². The van der Waals surface area contributed by atoms with Crippen LogP contribution in [0.3, 0.4) is 0 Å². The fourth-order valence-electron chi connectivity index (χ4n) is 3.33. The maximum absolute atomic E-state index is 12.7. The molecule has 0 saturated carbocycles. The zero-order valence-electron chi connectivity index (χ0n) is 18.4. The number of ether oxygens (including phenoxy) is 2. The van der Waals surface area contributed by atoms with Crippen molar-refractivity contribution in [3.05, 3.63) is 72.1 Å². The maximum atomic E-state index is 12.7. The summed E-state index contributed by atoms with van der Waals surface area (Å²) in [6.07, 6.45) is -8.12. The Hall–Kier alpha value is -4.03. The molecule has 0 aliphatic carbocycles. The Bertz CT molecular complexity index is 1170. The first-order valence-electron chi connectivity index (χ1n) is 10.6. The van der Waals surface area contributed by atoms with E-state index < -0.39 is 29.6 Å². The number of hydrogen-bond acceptors (Lipinski definition) is 6. The van der Waals surface area contributed by atoms with E-state index >= 15 is 0 Å². The Morgan fingerprint density at radius 3 is 1.78 bits per heavy atom. The Balaban J connectivity index is 1.27. The SMILES string of the molecule is O=C(Oc1ccc(Oc2ccc(C(F)(F)F)cn2)cc1)N1CCN(c2ccc(C(F)(F)F)cn2)CC1. The van der Waals surface area contributed by atoms with Crippen LogP contribution >= 0.6 is 0 Å². The average Bonchev–Trinajstić information content (AvgIpc) is 2.85. The zero-order valence-corrected chi connectivity index (χ0v) is 18.4. The van der Waals surface area contributed by atoms with Crippen LogP contribution in [-0.4, -0.2) is 47.1 Å². The van der Waals surface area contributed by atoms with Gasteiger partial charge >= 0.3 is 18.4 Å². The van der Waals surface area contributed by atoms with Crippen LogP contribution in [0.15, 0.2) is 60.9 Å². The van der Waals surface area contributed by atoms with Crippen LogP contribution in [0.1, 0.15) is 11.1 Å². The Morgan fingerprint density at radius 2 is 1.28 bits per heavy atom. The number of carbonyl (C=O) groups excluding carboxylic acids is 1. The molecule has 7 nitrogen and oxygen atoms in total. The first-order chi connectivity index (χ1) is 17.0. The summed E-state index contributed by atoms with van der Waals surface area (Å²) in [4.78, 5) is 23.2. The first kappa shape index (κ1) is 25.1. The molecule has 0 unspecified atom stereocenters.